The van der Waals surface area contributed by atoms with Gasteiger partial charge >= 0.3 is 5.69 Å². The lowest BCUT2D eigenvalue weighted by Gasteiger charge is -2.16. The predicted octanol–water partition coefficient (Wildman–Crippen LogP) is 3.22. The largest absolute Gasteiger partial charge is 0.335 e. The van der Waals surface area contributed by atoms with Gasteiger partial charge in [-0.05, 0) is 55.5 Å². The van der Waals surface area contributed by atoms with Gasteiger partial charge in [-0.25, -0.2) is 9.48 Å². The van der Waals surface area contributed by atoms with Crippen molar-refractivity contribution in [3.8, 4) is 28.7 Å². The minimum atomic E-state index is -0.465. The second kappa shape index (κ2) is 7.50. The Hall–Kier alpha value is -3.89. The summed E-state index contributed by atoms with van der Waals surface area (Å²) in [6, 6.07) is 17.5. The molecule has 8 heteroatoms. The number of hydrogen-bond acceptors (Lipinski definition) is 4. The normalized spacial score (nSPS) is 10.7. The summed E-state index contributed by atoms with van der Waals surface area (Å²) in [5.41, 5.74) is 2.24. The fourth-order valence-electron chi connectivity index (χ4n) is 3.40. The maximum absolute atomic E-state index is 13.1. The van der Waals surface area contributed by atoms with Gasteiger partial charge in [0, 0.05) is 17.8 Å². The van der Waals surface area contributed by atoms with E-state index in [1.165, 1.54) is 11.6 Å². The van der Waals surface area contributed by atoms with Crippen molar-refractivity contribution in [2.24, 2.45) is 7.05 Å². The van der Waals surface area contributed by atoms with Crippen LogP contribution in [0.1, 0.15) is 11.3 Å². The van der Waals surface area contributed by atoms with Gasteiger partial charge in [0.05, 0.1) is 40.5 Å². The van der Waals surface area contributed by atoms with Gasteiger partial charge in [0.15, 0.2) is 0 Å². The van der Waals surface area contributed by atoms with Crippen molar-refractivity contribution in [2.45, 2.75) is 6.92 Å². The lowest BCUT2D eigenvalue weighted by atomic mass is 10.1. The molecule has 0 saturated carbocycles. The Balaban J connectivity index is 2.00. The number of aromatic nitrogens is 4. The van der Waals surface area contributed by atoms with Crippen LogP contribution in [0, 0.1) is 18.3 Å². The predicted molar refractivity (Wildman–Crippen MR) is 114 cm³/mol. The Morgan fingerprint density at radius 3 is 2.43 bits per heavy atom. The van der Waals surface area contributed by atoms with Crippen molar-refractivity contribution < 1.29 is 0 Å². The zero-order valence-corrected chi connectivity index (χ0v) is 17.0. The molecule has 0 spiro atoms. The SMILES string of the molecule is Cc1c(-c2ccnn2-c2ccc(C#N)cc2)c(=O)n(C)c(=O)n1-c1cccc(Cl)c1. The molecule has 0 aliphatic heterocycles. The van der Waals surface area contributed by atoms with Crippen LogP contribution >= 0.6 is 11.6 Å². The highest BCUT2D eigenvalue weighted by Gasteiger charge is 2.20. The summed E-state index contributed by atoms with van der Waals surface area (Å²) in [6.45, 7) is 1.72. The van der Waals surface area contributed by atoms with Crippen LogP contribution in [-0.2, 0) is 7.05 Å². The Kier molecular flexibility index (Phi) is 4.86. The molecule has 7 nitrogen and oxygen atoms in total. The quantitative estimate of drug-likeness (QED) is 0.512. The van der Waals surface area contributed by atoms with Gasteiger partial charge in [0.25, 0.3) is 5.56 Å². The van der Waals surface area contributed by atoms with Crippen LogP contribution in [0.5, 0.6) is 0 Å². The molecule has 0 atom stereocenters. The van der Waals surface area contributed by atoms with Gasteiger partial charge in [-0.15, -0.1) is 0 Å². The molecule has 0 saturated heterocycles. The first-order chi connectivity index (χ1) is 14.4. The van der Waals surface area contributed by atoms with E-state index in [-0.39, 0.29) is 0 Å². The lowest BCUT2D eigenvalue weighted by molar-refractivity contribution is 0.713. The lowest BCUT2D eigenvalue weighted by Crippen LogP contribution is -2.39. The van der Waals surface area contributed by atoms with Crippen molar-refractivity contribution in [2.75, 3.05) is 0 Å². The molecule has 0 N–H and O–H groups in total. The number of benzene rings is 2. The molecule has 2 aromatic heterocycles. The van der Waals surface area contributed by atoms with Crippen LogP contribution in [-0.4, -0.2) is 18.9 Å². The van der Waals surface area contributed by atoms with Crippen LogP contribution in [0.2, 0.25) is 5.02 Å². The second-order valence-electron chi connectivity index (χ2n) is 6.71. The zero-order valence-electron chi connectivity index (χ0n) is 16.2. The number of hydrogen-bond donors (Lipinski definition) is 0. The molecule has 148 valence electrons. The number of nitrogens with zero attached hydrogens (tertiary/aromatic N) is 5. The molecule has 4 aromatic rings. The molecule has 2 aromatic carbocycles. The van der Waals surface area contributed by atoms with Gasteiger partial charge < -0.3 is 0 Å². The van der Waals surface area contributed by atoms with E-state index >= 15 is 0 Å². The van der Waals surface area contributed by atoms with E-state index in [9.17, 15) is 9.59 Å². The monoisotopic (exact) mass is 417 g/mol. The van der Waals surface area contributed by atoms with Crippen LogP contribution < -0.4 is 11.2 Å². The molecule has 0 amide bonds. The van der Waals surface area contributed by atoms with Crippen molar-refractivity contribution >= 4 is 11.6 Å². The summed E-state index contributed by atoms with van der Waals surface area (Å²) >= 11 is 6.12. The van der Waals surface area contributed by atoms with Crippen LogP contribution in [0.4, 0.5) is 0 Å². The van der Waals surface area contributed by atoms with Gasteiger partial charge in [0.2, 0.25) is 0 Å². The fraction of sp³-hybridized carbons (Fsp3) is 0.0909. The Bertz CT molecular complexity index is 1420. The third-order valence-electron chi connectivity index (χ3n) is 4.90. The Morgan fingerprint density at radius 1 is 1.03 bits per heavy atom. The first-order valence-corrected chi connectivity index (χ1v) is 9.43. The third-order valence-corrected chi connectivity index (χ3v) is 5.14. The third kappa shape index (κ3) is 3.13. The van der Waals surface area contributed by atoms with E-state index in [1.807, 2.05) is 0 Å². The van der Waals surface area contributed by atoms with Crippen LogP contribution in [0.15, 0.2) is 70.4 Å². The fourth-order valence-corrected chi connectivity index (χ4v) is 3.59. The first-order valence-electron chi connectivity index (χ1n) is 9.06. The van der Waals surface area contributed by atoms with Crippen LogP contribution in [0.3, 0.4) is 0 Å². The molecule has 2 heterocycles. The first kappa shape index (κ1) is 19.4. The van der Waals surface area contributed by atoms with E-state index in [0.717, 1.165) is 4.57 Å². The molecule has 30 heavy (non-hydrogen) atoms. The summed E-state index contributed by atoms with van der Waals surface area (Å²) in [6.07, 6.45) is 1.58. The summed E-state index contributed by atoms with van der Waals surface area (Å²) in [7, 11) is 1.44. The highest BCUT2D eigenvalue weighted by Crippen LogP contribution is 2.24. The topological polar surface area (TPSA) is 85.6 Å². The Labute approximate surface area is 176 Å². The average Bonchev–Trinajstić information content (AvgIpc) is 3.22. The minimum Gasteiger partial charge on any atom is -0.268 e. The maximum atomic E-state index is 13.1. The molecule has 0 radical (unpaired) electrons. The van der Waals surface area contributed by atoms with E-state index < -0.39 is 11.2 Å². The number of rotatable bonds is 3. The van der Waals surface area contributed by atoms with E-state index in [2.05, 4.69) is 11.2 Å². The molecular weight excluding hydrogens is 402 g/mol. The molecule has 0 bridgehead atoms. The summed E-state index contributed by atoms with van der Waals surface area (Å²) in [5.74, 6) is 0. The molecule has 0 unspecified atom stereocenters. The van der Waals surface area contributed by atoms with Gasteiger partial charge in [0.1, 0.15) is 0 Å². The van der Waals surface area contributed by atoms with Crippen LogP contribution in [0.25, 0.3) is 22.6 Å². The number of halogens is 1. The summed E-state index contributed by atoms with van der Waals surface area (Å²) in [4.78, 5) is 26.0. The molecule has 0 aliphatic rings. The van der Waals surface area contributed by atoms with Gasteiger partial charge in [-0.3, -0.25) is 13.9 Å². The minimum absolute atomic E-state index is 0.346. The highest BCUT2D eigenvalue weighted by molar-refractivity contribution is 6.30. The van der Waals surface area contributed by atoms with Gasteiger partial charge in [-0.1, -0.05) is 17.7 Å². The summed E-state index contributed by atoms with van der Waals surface area (Å²) in [5, 5.41) is 13.9. The van der Waals surface area contributed by atoms with E-state index in [4.69, 9.17) is 16.9 Å². The molecular formula is C22H16ClN5O2. The molecule has 0 aliphatic carbocycles. The standard InChI is InChI=1S/C22H16ClN5O2/c1-14-20(19-10-11-25-28(19)17-8-6-15(13-24)7-9-17)21(29)26(2)22(30)27(14)18-5-3-4-16(23)12-18/h3-12H,1-2H3. The smallest absolute Gasteiger partial charge is 0.268 e. The van der Waals surface area contributed by atoms with Gasteiger partial charge in [-0.2, -0.15) is 10.4 Å². The molecule has 0 fully saturated rings. The van der Waals surface area contributed by atoms with Crippen molar-refractivity contribution in [1.29, 1.82) is 5.26 Å². The average molecular weight is 418 g/mol. The Morgan fingerprint density at radius 2 is 1.77 bits per heavy atom. The molecule has 4 rings (SSSR count). The second-order valence-corrected chi connectivity index (χ2v) is 7.15. The summed E-state index contributed by atoms with van der Waals surface area (Å²) < 4.78 is 4.13. The van der Waals surface area contributed by atoms with E-state index in [1.54, 1.807) is 72.4 Å². The van der Waals surface area contributed by atoms with Crippen molar-refractivity contribution in [1.82, 2.24) is 18.9 Å². The zero-order chi connectivity index (χ0) is 21.4. The highest BCUT2D eigenvalue weighted by atomic mass is 35.5. The van der Waals surface area contributed by atoms with Crippen molar-refractivity contribution in [3.05, 3.63) is 97.9 Å². The number of nitriles is 1. The van der Waals surface area contributed by atoms with Crippen molar-refractivity contribution in [3.63, 3.8) is 0 Å². The maximum Gasteiger partial charge on any atom is 0.335 e. The van der Waals surface area contributed by atoms with E-state index in [0.29, 0.717) is 38.9 Å².